The van der Waals surface area contributed by atoms with Gasteiger partial charge in [0.1, 0.15) is 6.17 Å². The first-order valence-electron chi connectivity index (χ1n) is 11.4. The fraction of sp³-hybridized carbons (Fsp3) is 0.478. The maximum atomic E-state index is 8.69. The third-order valence-corrected chi connectivity index (χ3v) is 7.08. The molecule has 3 unspecified atom stereocenters. The van der Waals surface area contributed by atoms with Crippen LogP contribution in [0.4, 0.5) is 0 Å². The van der Waals surface area contributed by atoms with Gasteiger partial charge in [-0.3, -0.25) is 4.90 Å². The molecule has 3 atom stereocenters. The van der Waals surface area contributed by atoms with Crippen molar-refractivity contribution < 1.29 is 0 Å². The molecular weight excluding hydrogens is 416 g/mol. The first-order valence-corrected chi connectivity index (χ1v) is 11.4. The summed E-state index contributed by atoms with van der Waals surface area (Å²) >= 11 is 0. The molecule has 33 heavy (non-hydrogen) atoms. The molecule has 0 spiro atoms. The van der Waals surface area contributed by atoms with E-state index in [2.05, 4.69) is 77.0 Å². The highest BCUT2D eigenvalue weighted by Crippen LogP contribution is 2.34. The second-order valence-electron chi connectivity index (χ2n) is 9.06. The van der Waals surface area contributed by atoms with E-state index in [1.165, 1.54) is 5.70 Å². The van der Waals surface area contributed by atoms with Crippen molar-refractivity contribution in [3.05, 3.63) is 86.4 Å². The van der Waals surface area contributed by atoms with E-state index in [4.69, 9.17) is 11.1 Å². The van der Waals surface area contributed by atoms with Crippen LogP contribution in [0.1, 0.15) is 17.0 Å². The molecule has 0 bridgehead atoms. The minimum Gasteiger partial charge on any atom is -0.360 e. The summed E-state index contributed by atoms with van der Waals surface area (Å²) in [5, 5.41) is 14.6. The predicted octanol–water partition coefficient (Wildman–Crippen LogP) is 3.53. The fourth-order valence-corrected chi connectivity index (χ4v) is 5.40. The van der Waals surface area contributed by atoms with Crippen LogP contribution in [0.25, 0.3) is 26.6 Å². The summed E-state index contributed by atoms with van der Waals surface area (Å²) in [4.78, 5) is 10.6. The Hall–Kier alpha value is -3.42. The van der Waals surface area contributed by atoms with Crippen LogP contribution in [0.3, 0.4) is 0 Å². The van der Waals surface area contributed by atoms with Crippen molar-refractivity contribution in [3.8, 4) is 0 Å². The van der Waals surface area contributed by atoms with Crippen LogP contribution in [0.2, 0.25) is 0 Å². The van der Waals surface area contributed by atoms with Crippen LogP contribution in [0.5, 0.6) is 0 Å². The third-order valence-electron chi connectivity index (χ3n) is 7.08. The summed E-state index contributed by atoms with van der Waals surface area (Å²) < 4.78 is 0. The second kappa shape index (κ2) is 9.60. The number of azide groups is 2. The van der Waals surface area contributed by atoms with E-state index in [1.807, 2.05) is 12.1 Å². The molecule has 10 heteroatoms. The highest BCUT2D eigenvalue weighted by molar-refractivity contribution is 5.70. The molecule has 0 aromatic heterocycles. The van der Waals surface area contributed by atoms with Crippen molar-refractivity contribution in [2.45, 2.75) is 12.1 Å². The summed E-state index contributed by atoms with van der Waals surface area (Å²) in [5.41, 5.74) is 21.9. The van der Waals surface area contributed by atoms with E-state index in [0.29, 0.717) is 0 Å². The van der Waals surface area contributed by atoms with Crippen LogP contribution >= 0.6 is 0 Å². The number of likely N-dealkylation sites (tertiary alicyclic amines) is 1. The fourth-order valence-electron chi connectivity index (χ4n) is 5.40. The molecule has 0 saturated carbocycles. The molecule has 2 N–H and O–H groups in total. The highest BCUT2D eigenvalue weighted by Gasteiger charge is 2.38. The van der Waals surface area contributed by atoms with Crippen LogP contribution in [0, 0.1) is 11.8 Å². The topological polar surface area (TPSA) is 128 Å². The molecule has 4 aliphatic heterocycles. The van der Waals surface area contributed by atoms with Gasteiger partial charge in [0.15, 0.2) is 0 Å². The van der Waals surface area contributed by atoms with Gasteiger partial charge in [0, 0.05) is 48.7 Å². The number of benzene rings is 1. The quantitative estimate of drug-likeness (QED) is 0.361. The average molecular weight is 445 g/mol. The second-order valence-corrected chi connectivity index (χ2v) is 9.06. The average Bonchev–Trinajstić information content (AvgIpc) is 3.54. The number of fused-ring (bicyclic) bond motifs is 2. The molecule has 10 nitrogen and oxygen atoms in total. The highest BCUT2D eigenvalue weighted by atomic mass is 15.3. The Morgan fingerprint density at radius 3 is 2.36 bits per heavy atom. The van der Waals surface area contributed by atoms with Crippen molar-refractivity contribution in [1.29, 1.82) is 0 Å². The van der Waals surface area contributed by atoms with Crippen molar-refractivity contribution in [1.82, 2.24) is 20.4 Å². The van der Waals surface area contributed by atoms with Crippen LogP contribution in [-0.4, -0.2) is 61.8 Å². The maximum absolute atomic E-state index is 8.69. The Balaban J connectivity index is 1.40. The van der Waals surface area contributed by atoms with E-state index >= 15 is 0 Å². The lowest BCUT2D eigenvalue weighted by Gasteiger charge is -2.28. The standard InChI is InChI=1S/C23H28N10/c24-30-27-11-18(12-28-31-25)16-4-6-17(7-5-16)23-21(33-8-2-1-3-22(33)29-23)15-32-13-19-9-26-10-20(19)14-32/h1-8,18-20,22,26,29H,9-15H2. The van der Waals surface area contributed by atoms with Gasteiger partial charge in [-0.25, -0.2) is 0 Å². The molecule has 170 valence electrons. The monoisotopic (exact) mass is 444 g/mol. The maximum Gasteiger partial charge on any atom is 0.123 e. The zero-order valence-corrected chi connectivity index (χ0v) is 18.5. The number of rotatable bonds is 8. The number of hydrogen-bond donors (Lipinski definition) is 2. The third kappa shape index (κ3) is 4.42. The molecule has 4 heterocycles. The van der Waals surface area contributed by atoms with Gasteiger partial charge in [0.25, 0.3) is 0 Å². The number of hydrogen-bond acceptors (Lipinski definition) is 6. The summed E-state index contributed by atoms with van der Waals surface area (Å²) in [5.74, 6) is 1.39. The zero-order chi connectivity index (χ0) is 22.6. The van der Waals surface area contributed by atoms with Crippen molar-refractivity contribution in [2.75, 3.05) is 45.8 Å². The van der Waals surface area contributed by atoms with Crippen LogP contribution < -0.4 is 10.6 Å². The number of allylic oxidation sites excluding steroid dienone is 2. The molecule has 4 aliphatic rings. The van der Waals surface area contributed by atoms with Gasteiger partial charge in [0.2, 0.25) is 0 Å². The summed E-state index contributed by atoms with van der Waals surface area (Å²) in [6.45, 7) is 6.00. The Kier molecular flexibility index (Phi) is 6.24. The predicted molar refractivity (Wildman–Crippen MR) is 127 cm³/mol. The summed E-state index contributed by atoms with van der Waals surface area (Å²) in [6, 6.07) is 8.29. The van der Waals surface area contributed by atoms with Gasteiger partial charge in [-0.15, -0.1) is 0 Å². The SMILES string of the molecule is [N-]=[N+]=NCC(CN=[N+]=[N-])c1ccc(C2=C(CN3CC4CNCC4C3)N3C=CC=CC3N2)cc1. The smallest absolute Gasteiger partial charge is 0.123 e. The Bertz CT molecular complexity index is 1030. The number of nitrogens with one attached hydrogen (secondary N) is 2. The Morgan fingerprint density at radius 1 is 1.00 bits per heavy atom. The molecule has 5 rings (SSSR count). The lowest BCUT2D eigenvalue weighted by Crippen LogP contribution is -2.36. The van der Waals surface area contributed by atoms with Gasteiger partial charge in [-0.05, 0) is 65.2 Å². The van der Waals surface area contributed by atoms with Gasteiger partial charge < -0.3 is 15.5 Å². The van der Waals surface area contributed by atoms with Crippen molar-refractivity contribution >= 4 is 5.70 Å². The largest absolute Gasteiger partial charge is 0.360 e. The summed E-state index contributed by atoms with van der Waals surface area (Å²) in [7, 11) is 0. The van der Waals surface area contributed by atoms with Crippen molar-refractivity contribution in [3.63, 3.8) is 0 Å². The molecular formula is C23H28N10. The molecule has 1 aromatic rings. The lowest BCUT2D eigenvalue weighted by molar-refractivity contribution is 0.297. The summed E-state index contributed by atoms with van der Waals surface area (Å²) in [6.07, 6.45) is 8.64. The van der Waals surface area contributed by atoms with Crippen LogP contribution in [0.15, 0.2) is 64.6 Å². The van der Waals surface area contributed by atoms with E-state index in [9.17, 15) is 0 Å². The first-order chi connectivity index (χ1) is 16.3. The number of nitrogens with zero attached hydrogens (tertiary/aromatic N) is 8. The van der Waals surface area contributed by atoms with E-state index in [0.717, 1.165) is 61.4 Å². The Labute approximate surface area is 192 Å². The molecule has 0 radical (unpaired) electrons. The van der Waals surface area contributed by atoms with Gasteiger partial charge >= 0.3 is 0 Å². The molecule has 0 amide bonds. The zero-order valence-electron chi connectivity index (χ0n) is 18.5. The normalized spacial score (nSPS) is 26.4. The molecule has 0 aliphatic carbocycles. The minimum atomic E-state index is -0.134. The van der Waals surface area contributed by atoms with Gasteiger partial charge in [0.05, 0.1) is 11.4 Å². The minimum absolute atomic E-state index is 0.131. The molecule has 2 saturated heterocycles. The van der Waals surface area contributed by atoms with E-state index in [1.54, 1.807) is 0 Å². The van der Waals surface area contributed by atoms with Gasteiger partial charge in [-0.2, -0.15) is 0 Å². The molecule has 1 aromatic carbocycles. The van der Waals surface area contributed by atoms with Crippen LogP contribution in [-0.2, 0) is 0 Å². The molecule has 2 fully saturated rings. The first kappa shape index (κ1) is 21.4. The van der Waals surface area contributed by atoms with Gasteiger partial charge in [-0.1, -0.05) is 40.6 Å². The van der Waals surface area contributed by atoms with Crippen molar-refractivity contribution in [2.24, 2.45) is 22.1 Å². The lowest BCUT2D eigenvalue weighted by atomic mass is 9.97. The Morgan fingerprint density at radius 2 is 1.70 bits per heavy atom. The van der Waals surface area contributed by atoms with E-state index < -0.39 is 0 Å². The van der Waals surface area contributed by atoms with E-state index in [-0.39, 0.29) is 25.2 Å².